The summed E-state index contributed by atoms with van der Waals surface area (Å²) in [5, 5.41) is 2.90. The Balaban J connectivity index is 1.93. The van der Waals surface area contributed by atoms with Gasteiger partial charge in [-0.3, -0.25) is 4.79 Å². The molecule has 0 radical (unpaired) electrons. The molecule has 0 aromatic heterocycles. The van der Waals surface area contributed by atoms with Crippen molar-refractivity contribution in [1.29, 1.82) is 0 Å². The fraction of sp³-hybridized carbons (Fsp3) is 0.316. The summed E-state index contributed by atoms with van der Waals surface area (Å²) in [7, 11) is 0. The number of allylic oxidation sites excluding steroid dienone is 3. The highest BCUT2D eigenvalue weighted by Crippen LogP contribution is 2.35. The Kier molecular flexibility index (Phi) is 6.49. The van der Waals surface area contributed by atoms with Gasteiger partial charge in [0.05, 0.1) is 5.56 Å². The number of hydrogen-bond donors (Lipinski definition) is 1. The van der Waals surface area contributed by atoms with E-state index >= 15 is 0 Å². The van der Waals surface area contributed by atoms with Gasteiger partial charge >= 0.3 is 6.18 Å². The Morgan fingerprint density at radius 2 is 2.08 bits per heavy atom. The average molecular weight is 366 g/mol. The fourth-order valence-corrected chi connectivity index (χ4v) is 2.71. The van der Waals surface area contributed by atoms with Crippen LogP contribution in [0.25, 0.3) is 0 Å². The molecule has 1 saturated heterocycles. The summed E-state index contributed by atoms with van der Waals surface area (Å²) >= 11 is 0. The fourth-order valence-electron chi connectivity index (χ4n) is 2.71. The summed E-state index contributed by atoms with van der Waals surface area (Å²) in [6.45, 7) is 7.74. The van der Waals surface area contributed by atoms with E-state index in [9.17, 15) is 18.0 Å². The van der Waals surface area contributed by atoms with Gasteiger partial charge in [-0.25, -0.2) is 0 Å². The SMILES string of the molecule is C=C/C=C(\C=C)OCC(=O)N1CC[C@@H](Nc2ccccc2C(F)(F)F)C1. The molecule has 140 valence electrons. The van der Waals surface area contributed by atoms with Gasteiger partial charge in [0.15, 0.2) is 6.61 Å². The van der Waals surface area contributed by atoms with Crippen molar-refractivity contribution in [3.63, 3.8) is 0 Å². The highest BCUT2D eigenvalue weighted by atomic mass is 19.4. The molecule has 1 N–H and O–H groups in total. The van der Waals surface area contributed by atoms with E-state index in [0.717, 1.165) is 6.07 Å². The minimum Gasteiger partial charge on any atom is -0.484 e. The van der Waals surface area contributed by atoms with Crippen LogP contribution in [0.3, 0.4) is 0 Å². The van der Waals surface area contributed by atoms with Crippen LogP contribution in [-0.2, 0) is 15.7 Å². The number of nitrogens with zero attached hydrogens (tertiary/aromatic N) is 1. The van der Waals surface area contributed by atoms with Gasteiger partial charge < -0.3 is 15.0 Å². The van der Waals surface area contributed by atoms with Crippen molar-refractivity contribution in [3.8, 4) is 0 Å². The molecule has 0 saturated carbocycles. The first-order chi connectivity index (χ1) is 12.3. The summed E-state index contributed by atoms with van der Waals surface area (Å²) in [6, 6.07) is 5.09. The smallest absolute Gasteiger partial charge is 0.418 e. The second kappa shape index (κ2) is 8.60. The van der Waals surface area contributed by atoms with Gasteiger partial charge in [-0.05, 0) is 30.7 Å². The lowest BCUT2D eigenvalue weighted by Gasteiger charge is -2.20. The van der Waals surface area contributed by atoms with Crippen LogP contribution in [-0.4, -0.2) is 36.5 Å². The van der Waals surface area contributed by atoms with E-state index in [0.29, 0.717) is 25.3 Å². The van der Waals surface area contributed by atoms with Gasteiger partial charge in [-0.2, -0.15) is 13.2 Å². The Morgan fingerprint density at radius 1 is 1.35 bits per heavy atom. The number of amides is 1. The third-order valence-corrected chi connectivity index (χ3v) is 3.98. The number of alkyl halides is 3. The van der Waals surface area contributed by atoms with Crippen molar-refractivity contribution in [2.75, 3.05) is 25.0 Å². The van der Waals surface area contributed by atoms with Crippen LogP contribution in [0.1, 0.15) is 12.0 Å². The largest absolute Gasteiger partial charge is 0.484 e. The summed E-state index contributed by atoms with van der Waals surface area (Å²) in [5.74, 6) is 0.205. The van der Waals surface area contributed by atoms with Crippen LogP contribution in [0, 0.1) is 0 Å². The minimum atomic E-state index is -4.43. The van der Waals surface area contributed by atoms with Gasteiger partial charge in [-0.15, -0.1) is 0 Å². The second-order valence-electron chi connectivity index (χ2n) is 5.81. The Bertz CT molecular complexity index is 698. The number of anilines is 1. The van der Waals surface area contributed by atoms with Crippen LogP contribution in [0.2, 0.25) is 0 Å². The summed E-state index contributed by atoms with van der Waals surface area (Å²) < 4.78 is 44.5. The molecule has 1 atom stereocenters. The predicted octanol–water partition coefficient (Wildman–Crippen LogP) is 3.99. The quantitative estimate of drug-likeness (QED) is 0.586. The molecular weight excluding hydrogens is 345 g/mol. The number of halogens is 3. The van der Waals surface area contributed by atoms with Gasteiger partial charge in [0.2, 0.25) is 0 Å². The molecule has 1 aliphatic rings. The Hall–Kier alpha value is -2.70. The molecule has 4 nitrogen and oxygen atoms in total. The average Bonchev–Trinajstić information content (AvgIpc) is 3.06. The van der Waals surface area contributed by atoms with Crippen LogP contribution in [0.15, 0.2) is 61.4 Å². The number of carbonyl (C=O) groups is 1. The van der Waals surface area contributed by atoms with E-state index in [-0.39, 0.29) is 24.2 Å². The number of ether oxygens (including phenoxy) is 1. The number of benzene rings is 1. The van der Waals surface area contributed by atoms with Crippen LogP contribution < -0.4 is 5.32 Å². The molecule has 0 spiro atoms. The van der Waals surface area contributed by atoms with Crippen molar-refractivity contribution >= 4 is 11.6 Å². The lowest BCUT2D eigenvalue weighted by molar-refractivity contribution is -0.137. The predicted molar refractivity (Wildman–Crippen MR) is 94.5 cm³/mol. The van der Waals surface area contributed by atoms with E-state index in [1.54, 1.807) is 17.0 Å². The minimum absolute atomic E-state index is 0.0263. The lowest BCUT2D eigenvalue weighted by Crippen LogP contribution is -2.34. The zero-order valence-corrected chi connectivity index (χ0v) is 14.3. The van der Waals surface area contributed by atoms with E-state index < -0.39 is 11.7 Å². The van der Waals surface area contributed by atoms with Crippen molar-refractivity contribution in [2.45, 2.75) is 18.6 Å². The molecule has 1 fully saturated rings. The first-order valence-electron chi connectivity index (χ1n) is 8.13. The molecule has 1 amide bonds. The highest BCUT2D eigenvalue weighted by Gasteiger charge is 2.34. The topological polar surface area (TPSA) is 41.6 Å². The Morgan fingerprint density at radius 3 is 2.73 bits per heavy atom. The van der Waals surface area contributed by atoms with Gasteiger partial charge in [-0.1, -0.05) is 31.4 Å². The monoisotopic (exact) mass is 366 g/mol. The lowest BCUT2D eigenvalue weighted by atomic mass is 10.1. The van der Waals surface area contributed by atoms with E-state index in [4.69, 9.17) is 4.74 Å². The zero-order valence-electron chi connectivity index (χ0n) is 14.3. The molecule has 0 unspecified atom stereocenters. The zero-order chi connectivity index (χ0) is 19.2. The first-order valence-corrected chi connectivity index (χ1v) is 8.13. The third kappa shape index (κ3) is 5.15. The van der Waals surface area contributed by atoms with Gasteiger partial charge in [0.1, 0.15) is 5.76 Å². The normalized spacial score (nSPS) is 17.7. The molecular formula is C19H21F3N2O2. The molecule has 1 heterocycles. The van der Waals surface area contributed by atoms with E-state index in [1.165, 1.54) is 24.3 Å². The van der Waals surface area contributed by atoms with E-state index in [2.05, 4.69) is 18.5 Å². The number of hydrogen-bond acceptors (Lipinski definition) is 3. The third-order valence-electron chi connectivity index (χ3n) is 3.98. The van der Waals surface area contributed by atoms with Crippen molar-refractivity contribution in [3.05, 3.63) is 67.0 Å². The number of para-hydroxylation sites is 1. The van der Waals surface area contributed by atoms with Crippen LogP contribution in [0.4, 0.5) is 18.9 Å². The van der Waals surface area contributed by atoms with Crippen molar-refractivity contribution in [2.24, 2.45) is 0 Å². The molecule has 2 rings (SSSR count). The number of likely N-dealkylation sites (tertiary alicyclic amines) is 1. The first kappa shape index (κ1) is 19.6. The number of carbonyl (C=O) groups excluding carboxylic acids is 1. The van der Waals surface area contributed by atoms with Gasteiger partial charge in [0.25, 0.3) is 5.91 Å². The van der Waals surface area contributed by atoms with Crippen LogP contribution in [0.5, 0.6) is 0 Å². The summed E-state index contributed by atoms with van der Waals surface area (Å²) in [6.07, 6.45) is 0.717. The number of nitrogens with one attached hydrogen (secondary N) is 1. The molecule has 26 heavy (non-hydrogen) atoms. The van der Waals surface area contributed by atoms with E-state index in [1.807, 2.05) is 0 Å². The molecule has 0 aliphatic carbocycles. The maximum Gasteiger partial charge on any atom is 0.418 e. The van der Waals surface area contributed by atoms with Gasteiger partial charge in [0, 0.05) is 24.8 Å². The molecule has 1 aliphatic heterocycles. The van der Waals surface area contributed by atoms with Crippen LogP contribution >= 0.6 is 0 Å². The number of rotatable bonds is 7. The Labute approximate surface area is 150 Å². The maximum atomic E-state index is 13.1. The second-order valence-corrected chi connectivity index (χ2v) is 5.81. The molecule has 0 bridgehead atoms. The molecule has 1 aromatic carbocycles. The molecule has 1 aromatic rings. The summed E-state index contributed by atoms with van der Waals surface area (Å²) in [4.78, 5) is 13.8. The summed E-state index contributed by atoms with van der Waals surface area (Å²) in [5.41, 5.74) is -0.684. The highest BCUT2D eigenvalue weighted by molar-refractivity contribution is 5.78. The van der Waals surface area contributed by atoms with Crippen molar-refractivity contribution < 1.29 is 22.7 Å². The molecule has 7 heteroatoms. The van der Waals surface area contributed by atoms with Crippen molar-refractivity contribution in [1.82, 2.24) is 4.90 Å². The standard InChI is InChI=1S/C19H21F3N2O2/c1-3-7-15(4-2)26-13-18(25)24-11-10-14(12-24)23-17-9-6-5-8-16(17)19(20,21)22/h3-9,14,23H,1-2,10-13H2/b15-7+/t14-/m1/s1. The maximum absolute atomic E-state index is 13.1.